The van der Waals surface area contributed by atoms with Crippen LogP contribution >= 0.6 is 11.6 Å². The van der Waals surface area contributed by atoms with E-state index in [0.29, 0.717) is 11.3 Å². The molecule has 20 heavy (non-hydrogen) atoms. The van der Waals surface area contributed by atoms with Gasteiger partial charge in [0.25, 0.3) is 0 Å². The van der Waals surface area contributed by atoms with Gasteiger partial charge in [-0.25, -0.2) is 13.1 Å². The van der Waals surface area contributed by atoms with E-state index in [1.165, 1.54) is 12.1 Å². The number of hydrogen-bond donors (Lipinski definition) is 2. The van der Waals surface area contributed by atoms with E-state index in [0.717, 1.165) is 0 Å². The molecule has 3 N–H and O–H groups in total. The molecule has 8 heteroatoms. The number of nitrogen functional groups attached to an aromatic ring is 1. The normalized spacial score (nSPS) is 11.3. The molecule has 0 aromatic heterocycles. The number of halogens is 1. The van der Waals surface area contributed by atoms with Crippen molar-refractivity contribution in [2.24, 2.45) is 0 Å². The minimum Gasteiger partial charge on any atom is -0.466 e. The molecular weight excluding hydrogens is 304 g/mol. The van der Waals surface area contributed by atoms with E-state index in [1.807, 2.05) is 0 Å². The van der Waals surface area contributed by atoms with Crippen molar-refractivity contribution in [1.82, 2.24) is 4.72 Å². The first-order chi connectivity index (χ1) is 9.27. The second-order valence-corrected chi connectivity index (χ2v) is 6.23. The summed E-state index contributed by atoms with van der Waals surface area (Å²) in [6, 6.07) is 2.78. The van der Waals surface area contributed by atoms with Crippen LogP contribution < -0.4 is 10.5 Å². The van der Waals surface area contributed by atoms with Crippen molar-refractivity contribution < 1.29 is 17.9 Å². The average molecular weight is 321 g/mol. The molecule has 0 aliphatic heterocycles. The fourth-order valence-electron chi connectivity index (χ4n) is 1.47. The molecule has 0 aliphatic rings. The zero-order valence-electron chi connectivity index (χ0n) is 11.3. The Kier molecular flexibility index (Phi) is 5.79. The predicted octanol–water partition coefficient (Wildman–Crippen LogP) is 1.46. The summed E-state index contributed by atoms with van der Waals surface area (Å²) < 4.78 is 31.1. The monoisotopic (exact) mass is 320 g/mol. The van der Waals surface area contributed by atoms with Crippen LogP contribution in [0.4, 0.5) is 5.69 Å². The Morgan fingerprint density at radius 1 is 1.45 bits per heavy atom. The number of esters is 1. The van der Waals surface area contributed by atoms with Crippen molar-refractivity contribution in [3.63, 3.8) is 0 Å². The van der Waals surface area contributed by atoms with Gasteiger partial charge in [0, 0.05) is 12.2 Å². The van der Waals surface area contributed by atoms with E-state index >= 15 is 0 Å². The van der Waals surface area contributed by atoms with Crippen molar-refractivity contribution in [2.75, 3.05) is 18.9 Å². The standard InChI is InChI=1S/C12H17ClN2O4S/c1-3-19-12(16)4-5-15-20(17,18)11-7-10(14)8(2)6-9(11)13/h6-7,15H,3-5,14H2,1-2H3. The van der Waals surface area contributed by atoms with Crippen LogP contribution in [0.2, 0.25) is 5.02 Å². The summed E-state index contributed by atoms with van der Waals surface area (Å²) in [6.45, 7) is 3.60. The maximum atomic E-state index is 12.1. The molecule has 1 aromatic carbocycles. The third-order valence-corrected chi connectivity index (χ3v) is 4.46. The van der Waals surface area contributed by atoms with Crippen LogP contribution in [-0.2, 0) is 19.6 Å². The molecule has 1 rings (SSSR count). The topological polar surface area (TPSA) is 98.5 Å². The molecule has 0 atom stereocenters. The highest BCUT2D eigenvalue weighted by Crippen LogP contribution is 2.26. The highest BCUT2D eigenvalue weighted by Gasteiger charge is 2.19. The first-order valence-corrected chi connectivity index (χ1v) is 7.85. The number of ether oxygens (including phenoxy) is 1. The summed E-state index contributed by atoms with van der Waals surface area (Å²) in [7, 11) is -3.81. The van der Waals surface area contributed by atoms with Gasteiger partial charge in [-0.1, -0.05) is 11.6 Å². The van der Waals surface area contributed by atoms with Crippen LogP contribution in [0.1, 0.15) is 18.9 Å². The molecule has 0 spiro atoms. The molecule has 0 bridgehead atoms. The van der Waals surface area contributed by atoms with E-state index < -0.39 is 16.0 Å². The van der Waals surface area contributed by atoms with Crippen molar-refractivity contribution in [2.45, 2.75) is 25.2 Å². The molecule has 0 saturated heterocycles. The van der Waals surface area contributed by atoms with Crippen LogP contribution in [-0.4, -0.2) is 27.5 Å². The molecule has 6 nitrogen and oxygen atoms in total. The molecule has 0 aliphatic carbocycles. The molecular formula is C12H17ClN2O4S. The average Bonchev–Trinajstić information content (AvgIpc) is 2.33. The zero-order chi connectivity index (χ0) is 15.3. The minimum absolute atomic E-state index is 0.0496. The number of sulfonamides is 1. The summed E-state index contributed by atoms with van der Waals surface area (Å²) in [6.07, 6.45) is -0.0496. The fraction of sp³-hybridized carbons (Fsp3) is 0.417. The third kappa shape index (κ3) is 4.36. The van der Waals surface area contributed by atoms with Gasteiger partial charge in [-0.05, 0) is 31.5 Å². The van der Waals surface area contributed by atoms with Crippen molar-refractivity contribution in [1.29, 1.82) is 0 Å². The lowest BCUT2D eigenvalue weighted by molar-refractivity contribution is -0.142. The van der Waals surface area contributed by atoms with Gasteiger partial charge in [-0.3, -0.25) is 4.79 Å². The summed E-state index contributed by atoms with van der Waals surface area (Å²) in [4.78, 5) is 11.0. The maximum absolute atomic E-state index is 12.1. The van der Waals surface area contributed by atoms with Crippen LogP contribution in [0, 0.1) is 6.92 Å². The molecule has 1 aromatic rings. The Labute approximate surface area is 123 Å². The van der Waals surface area contributed by atoms with Gasteiger partial charge in [0.15, 0.2) is 0 Å². The number of benzene rings is 1. The van der Waals surface area contributed by atoms with Crippen LogP contribution in [0.25, 0.3) is 0 Å². The molecule has 0 amide bonds. The number of nitrogens with one attached hydrogen (secondary N) is 1. The van der Waals surface area contributed by atoms with Gasteiger partial charge in [-0.15, -0.1) is 0 Å². The van der Waals surface area contributed by atoms with E-state index in [9.17, 15) is 13.2 Å². The fourth-order valence-corrected chi connectivity index (χ4v) is 3.12. The van der Waals surface area contributed by atoms with Gasteiger partial charge in [0.05, 0.1) is 18.1 Å². The third-order valence-electron chi connectivity index (χ3n) is 2.54. The van der Waals surface area contributed by atoms with Crippen LogP contribution in [0.15, 0.2) is 17.0 Å². The van der Waals surface area contributed by atoms with Gasteiger partial charge in [0.2, 0.25) is 10.0 Å². The Bertz CT molecular complexity index is 602. The summed E-state index contributed by atoms with van der Waals surface area (Å²) in [5.41, 5.74) is 6.71. The van der Waals surface area contributed by atoms with E-state index in [1.54, 1.807) is 13.8 Å². The van der Waals surface area contributed by atoms with Crippen LogP contribution in [0.3, 0.4) is 0 Å². The van der Waals surface area contributed by atoms with Crippen molar-refractivity contribution in [3.8, 4) is 0 Å². The Morgan fingerprint density at radius 3 is 2.70 bits per heavy atom. The quantitative estimate of drug-likeness (QED) is 0.611. The van der Waals surface area contributed by atoms with Crippen molar-refractivity contribution >= 4 is 33.3 Å². The van der Waals surface area contributed by atoms with Gasteiger partial charge in [0.1, 0.15) is 4.90 Å². The zero-order valence-corrected chi connectivity index (χ0v) is 12.8. The molecule has 0 unspecified atom stereocenters. The lowest BCUT2D eigenvalue weighted by Crippen LogP contribution is -2.27. The molecule has 0 radical (unpaired) electrons. The number of anilines is 1. The second-order valence-electron chi connectivity index (χ2n) is 4.09. The highest BCUT2D eigenvalue weighted by molar-refractivity contribution is 7.89. The largest absolute Gasteiger partial charge is 0.466 e. The molecule has 0 fully saturated rings. The lowest BCUT2D eigenvalue weighted by atomic mass is 10.2. The van der Waals surface area contributed by atoms with Crippen LogP contribution in [0.5, 0.6) is 0 Å². The predicted molar refractivity (Wildman–Crippen MR) is 77.0 cm³/mol. The SMILES string of the molecule is CCOC(=O)CCNS(=O)(=O)c1cc(N)c(C)cc1Cl. The number of rotatable bonds is 6. The highest BCUT2D eigenvalue weighted by atomic mass is 35.5. The van der Waals surface area contributed by atoms with Gasteiger partial charge < -0.3 is 10.5 Å². The number of aryl methyl sites for hydroxylation is 1. The number of carbonyl (C=O) groups excluding carboxylic acids is 1. The Hall–Kier alpha value is -1.31. The minimum atomic E-state index is -3.81. The first-order valence-electron chi connectivity index (χ1n) is 5.99. The summed E-state index contributed by atoms with van der Waals surface area (Å²) in [5.74, 6) is -0.468. The molecule has 112 valence electrons. The summed E-state index contributed by atoms with van der Waals surface area (Å²) in [5, 5.41) is 0.0836. The molecule has 0 heterocycles. The summed E-state index contributed by atoms with van der Waals surface area (Å²) >= 11 is 5.91. The maximum Gasteiger partial charge on any atom is 0.307 e. The second kappa shape index (κ2) is 6.92. The first kappa shape index (κ1) is 16.7. The molecule has 0 saturated carbocycles. The van der Waals surface area contributed by atoms with Gasteiger partial charge >= 0.3 is 5.97 Å². The number of hydrogen-bond acceptors (Lipinski definition) is 5. The Morgan fingerprint density at radius 2 is 2.10 bits per heavy atom. The van der Waals surface area contributed by atoms with E-state index in [4.69, 9.17) is 22.1 Å². The number of nitrogens with two attached hydrogens (primary N) is 1. The smallest absolute Gasteiger partial charge is 0.307 e. The van der Waals surface area contributed by atoms with E-state index in [2.05, 4.69) is 4.72 Å². The Balaban J connectivity index is 2.79. The van der Waals surface area contributed by atoms with Gasteiger partial charge in [-0.2, -0.15) is 0 Å². The number of carbonyl (C=O) groups is 1. The lowest BCUT2D eigenvalue weighted by Gasteiger charge is -2.10. The van der Waals surface area contributed by atoms with E-state index in [-0.39, 0.29) is 29.5 Å². The van der Waals surface area contributed by atoms with Crippen molar-refractivity contribution in [3.05, 3.63) is 22.7 Å².